The standard InChI is InChI=1S/C11H9FN2S/c1-2-8(12)10-3-4-11(15-10)9-7-13-5-6-14-9/h2-7H,1H3/b8-2+. The van der Waals surface area contributed by atoms with Gasteiger partial charge in [0, 0.05) is 12.4 Å². The van der Waals surface area contributed by atoms with Crippen molar-refractivity contribution in [3.63, 3.8) is 0 Å². The first-order valence-corrected chi connectivity index (χ1v) is 5.31. The molecule has 0 aliphatic rings. The molecular weight excluding hydrogens is 211 g/mol. The van der Waals surface area contributed by atoms with Crippen molar-refractivity contribution in [3.05, 3.63) is 41.7 Å². The smallest absolute Gasteiger partial charge is 0.136 e. The van der Waals surface area contributed by atoms with Crippen LogP contribution in [0.5, 0.6) is 0 Å². The Morgan fingerprint density at radius 1 is 1.40 bits per heavy atom. The van der Waals surface area contributed by atoms with Crippen LogP contribution in [-0.2, 0) is 0 Å². The van der Waals surface area contributed by atoms with Gasteiger partial charge in [0.15, 0.2) is 0 Å². The molecule has 0 aliphatic carbocycles. The minimum absolute atomic E-state index is 0.199. The second-order valence-electron chi connectivity index (χ2n) is 2.89. The molecule has 0 atom stereocenters. The van der Waals surface area contributed by atoms with Crippen LogP contribution in [0.2, 0.25) is 0 Å². The molecule has 2 heterocycles. The summed E-state index contributed by atoms with van der Waals surface area (Å²) in [6.45, 7) is 1.68. The Hall–Kier alpha value is -1.55. The van der Waals surface area contributed by atoms with Gasteiger partial charge in [-0.25, -0.2) is 4.39 Å². The molecule has 2 rings (SSSR count). The Bertz CT molecular complexity index is 476. The second-order valence-corrected chi connectivity index (χ2v) is 3.97. The lowest BCUT2D eigenvalue weighted by Gasteiger charge is -1.93. The van der Waals surface area contributed by atoms with E-state index in [9.17, 15) is 4.39 Å². The highest BCUT2D eigenvalue weighted by Crippen LogP contribution is 2.30. The van der Waals surface area contributed by atoms with Gasteiger partial charge in [-0.1, -0.05) is 6.08 Å². The summed E-state index contributed by atoms with van der Waals surface area (Å²) in [5.41, 5.74) is 0.776. The Morgan fingerprint density at radius 3 is 2.93 bits per heavy atom. The SMILES string of the molecule is C/C=C(/F)c1ccc(-c2cnccn2)s1. The van der Waals surface area contributed by atoms with Crippen molar-refractivity contribution in [1.82, 2.24) is 9.97 Å². The van der Waals surface area contributed by atoms with E-state index in [2.05, 4.69) is 9.97 Å². The van der Waals surface area contributed by atoms with Crippen LogP contribution in [0, 0.1) is 0 Å². The van der Waals surface area contributed by atoms with E-state index in [0.717, 1.165) is 10.6 Å². The van der Waals surface area contributed by atoms with Gasteiger partial charge in [0.2, 0.25) is 0 Å². The van der Waals surface area contributed by atoms with Crippen LogP contribution >= 0.6 is 11.3 Å². The van der Waals surface area contributed by atoms with Gasteiger partial charge in [-0.15, -0.1) is 11.3 Å². The summed E-state index contributed by atoms with van der Waals surface area (Å²) in [6, 6.07) is 3.61. The largest absolute Gasteiger partial charge is 0.261 e. The zero-order chi connectivity index (χ0) is 10.7. The third-order valence-corrected chi connectivity index (χ3v) is 3.03. The lowest BCUT2D eigenvalue weighted by molar-refractivity contribution is 0.762. The van der Waals surface area contributed by atoms with Gasteiger partial charge in [-0.2, -0.15) is 0 Å². The van der Waals surface area contributed by atoms with Gasteiger partial charge < -0.3 is 0 Å². The van der Waals surface area contributed by atoms with Crippen LogP contribution < -0.4 is 0 Å². The summed E-state index contributed by atoms with van der Waals surface area (Å²) < 4.78 is 13.2. The molecule has 2 nitrogen and oxygen atoms in total. The van der Waals surface area contributed by atoms with Crippen molar-refractivity contribution >= 4 is 17.2 Å². The van der Waals surface area contributed by atoms with E-state index in [-0.39, 0.29) is 5.83 Å². The molecule has 0 bridgehead atoms. The number of hydrogen-bond donors (Lipinski definition) is 0. The number of thiophene rings is 1. The third-order valence-electron chi connectivity index (χ3n) is 1.91. The lowest BCUT2D eigenvalue weighted by atomic mass is 10.3. The molecule has 2 aromatic rings. The molecule has 0 unspecified atom stereocenters. The van der Waals surface area contributed by atoms with Gasteiger partial charge in [-0.05, 0) is 19.1 Å². The van der Waals surface area contributed by atoms with E-state index in [1.165, 1.54) is 17.4 Å². The fourth-order valence-corrected chi connectivity index (χ4v) is 2.11. The lowest BCUT2D eigenvalue weighted by Crippen LogP contribution is -1.79. The van der Waals surface area contributed by atoms with Crippen molar-refractivity contribution in [2.45, 2.75) is 6.92 Å². The quantitative estimate of drug-likeness (QED) is 0.773. The highest BCUT2D eigenvalue weighted by atomic mass is 32.1. The monoisotopic (exact) mass is 220 g/mol. The first kappa shape index (κ1) is 9.98. The summed E-state index contributed by atoms with van der Waals surface area (Å²) in [5.74, 6) is -0.199. The minimum atomic E-state index is -0.199. The number of nitrogens with zero attached hydrogens (tertiary/aromatic N) is 2. The topological polar surface area (TPSA) is 25.8 Å². The number of aromatic nitrogens is 2. The summed E-state index contributed by atoms with van der Waals surface area (Å²) in [7, 11) is 0. The summed E-state index contributed by atoms with van der Waals surface area (Å²) in [4.78, 5) is 9.67. The van der Waals surface area contributed by atoms with Crippen LogP contribution in [0.25, 0.3) is 16.4 Å². The van der Waals surface area contributed by atoms with E-state index in [1.807, 2.05) is 6.07 Å². The maximum Gasteiger partial charge on any atom is 0.136 e. The third kappa shape index (κ3) is 2.10. The van der Waals surface area contributed by atoms with E-state index < -0.39 is 0 Å². The van der Waals surface area contributed by atoms with Gasteiger partial charge in [0.05, 0.1) is 21.6 Å². The molecule has 0 aliphatic heterocycles. The maximum atomic E-state index is 13.2. The Balaban J connectivity index is 2.36. The van der Waals surface area contributed by atoms with Gasteiger partial charge in [-0.3, -0.25) is 9.97 Å². The van der Waals surface area contributed by atoms with E-state index in [4.69, 9.17) is 0 Å². The molecular formula is C11H9FN2S. The van der Waals surface area contributed by atoms with Crippen molar-refractivity contribution < 1.29 is 4.39 Å². The van der Waals surface area contributed by atoms with E-state index in [0.29, 0.717) is 4.88 Å². The first-order chi connectivity index (χ1) is 7.31. The summed E-state index contributed by atoms with van der Waals surface area (Å²) in [6.07, 6.45) is 6.36. The molecule has 15 heavy (non-hydrogen) atoms. The highest BCUT2D eigenvalue weighted by Gasteiger charge is 2.06. The number of halogens is 1. The van der Waals surface area contributed by atoms with Gasteiger partial charge in [0.25, 0.3) is 0 Å². The zero-order valence-corrected chi connectivity index (χ0v) is 8.96. The normalized spacial score (nSPS) is 11.7. The van der Waals surface area contributed by atoms with E-state index in [1.54, 1.807) is 31.6 Å². The van der Waals surface area contributed by atoms with Crippen LogP contribution in [0.1, 0.15) is 11.8 Å². The molecule has 0 saturated heterocycles. The average molecular weight is 220 g/mol. The van der Waals surface area contributed by atoms with Crippen molar-refractivity contribution in [2.24, 2.45) is 0 Å². The fraction of sp³-hybridized carbons (Fsp3) is 0.0909. The molecule has 0 spiro atoms. The number of allylic oxidation sites excluding steroid dienone is 1. The zero-order valence-electron chi connectivity index (χ0n) is 8.14. The predicted octanol–water partition coefficient (Wildman–Crippen LogP) is 3.54. The number of rotatable bonds is 2. The molecule has 0 aromatic carbocycles. The van der Waals surface area contributed by atoms with Crippen molar-refractivity contribution in [1.29, 1.82) is 0 Å². The molecule has 2 aromatic heterocycles. The minimum Gasteiger partial charge on any atom is -0.261 e. The first-order valence-electron chi connectivity index (χ1n) is 4.49. The van der Waals surface area contributed by atoms with Crippen LogP contribution in [0.3, 0.4) is 0 Å². The Labute approximate surface area is 91.1 Å². The molecule has 0 saturated carbocycles. The van der Waals surface area contributed by atoms with Crippen LogP contribution in [0.15, 0.2) is 36.8 Å². The predicted molar refractivity (Wildman–Crippen MR) is 60.1 cm³/mol. The van der Waals surface area contributed by atoms with Crippen LogP contribution in [-0.4, -0.2) is 9.97 Å². The maximum absolute atomic E-state index is 13.2. The summed E-state index contributed by atoms with van der Waals surface area (Å²) in [5, 5.41) is 0. The molecule has 0 amide bonds. The molecule has 0 fully saturated rings. The van der Waals surface area contributed by atoms with Gasteiger partial charge in [0.1, 0.15) is 5.83 Å². The van der Waals surface area contributed by atoms with Crippen molar-refractivity contribution in [2.75, 3.05) is 0 Å². The average Bonchev–Trinajstić information content (AvgIpc) is 2.78. The van der Waals surface area contributed by atoms with Crippen molar-refractivity contribution in [3.8, 4) is 10.6 Å². The summed E-state index contributed by atoms with van der Waals surface area (Å²) >= 11 is 1.37. The molecule has 0 radical (unpaired) electrons. The Kier molecular flexibility index (Phi) is 2.87. The molecule has 0 N–H and O–H groups in total. The Morgan fingerprint density at radius 2 is 2.27 bits per heavy atom. The molecule has 76 valence electrons. The van der Waals surface area contributed by atoms with Gasteiger partial charge >= 0.3 is 0 Å². The highest BCUT2D eigenvalue weighted by molar-refractivity contribution is 7.16. The fourth-order valence-electron chi connectivity index (χ4n) is 1.17. The molecule has 4 heteroatoms. The second kappa shape index (κ2) is 4.31. The van der Waals surface area contributed by atoms with Crippen LogP contribution in [0.4, 0.5) is 4.39 Å². The number of hydrogen-bond acceptors (Lipinski definition) is 3. The van der Waals surface area contributed by atoms with E-state index >= 15 is 0 Å².